The molecular formula is C10H12ClN7O3. The van der Waals surface area contributed by atoms with Crippen LogP contribution in [0, 0.1) is 7.05 Å². The van der Waals surface area contributed by atoms with Gasteiger partial charge in [-0.1, -0.05) is 11.6 Å². The molecule has 0 aliphatic rings. The molecule has 1 aromatic rings. The maximum atomic E-state index is 11.9. The molecule has 0 aliphatic heterocycles. The molecule has 112 valence electrons. The highest BCUT2D eigenvalue weighted by atomic mass is 35.5. The van der Waals surface area contributed by atoms with Crippen LogP contribution in [0.1, 0.15) is 17.4 Å². The molecule has 2 radical (unpaired) electrons. The molecule has 11 heteroatoms. The van der Waals surface area contributed by atoms with E-state index in [9.17, 15) is 9.59 Å². The van der Waals surface area contributed by atoms with Crippen molar-refractivity contribution in [3.05, 3.63) is 17.9 Å². The molecule has 1 rings (SSSR count). The van der Waals surface area contributed by atoms with Crippen molar-refractivity contribution in [2.75, 3.05) is 17.7 Å². The molecular weight excluding hydrogens is 302 g/mol. The van der Waals surface area contributed by atoms with Crippen molar-refractivity contribution in [1.82, 2.24) is 15.3 Å². The lowest BCUT2D eigenvalue weighted by Crippen LogP contribution is -2.38. The van der Waals surface area contributed by atoms with E-state index >= 15 is 0 Å². The number of anilines is 2. The van der Waals surface area contributed by atoms with Gasteiger partial charge in [0.05, 0.1) is 13.7 Å². The number of ether oxygens (including phenoxy) is 1. The van der Waals surface area contributed by atoms with Crippen molar-refractivity contribution < 1.29 is 14.3 Å². The lowest BCUT2D eigenvalue weighted by molar-refractivity contribution is 0.0972. The SMILES string of the molecule is [CH]Nc1nc(N)c(C(=O)N/C(N)=N/C(=O)OCC)nc1Cl. The molecule has 0 saturated heterocycles. The summed E-state index contributed by atoms with van der Waals surface area (Å²) in [4.78, 5) is 33.6. The number of carbonyl (C=O) groups is 2. The Morgan fingerprint density at radius 3 is 2.71 bits per heavy atom. The lowest BCUT2D eigenvalue weighted by Gasteiger charge is -2.08. The minimum absolute atomic E-state index is 0.00104. The summed E-state index contributed by atoms with van der Waals surface area (Å²) in [5.74, 6) is -1.58. The van der Waals surface area contributed by atoms with Crippen molar-refractivity contribution >= 4 is 41.2 Å². The third kappa shape index (κ3) is 4.45. The van der Waals surface area contributed by atoms with Gasteiger partial charge < -0.3 is 21.5 Å². The van der Waals surface area contributed by atoms with E-state index < -0.39 is 18.0 Å². The van der Waals surface area contributed by atoms with Crippen LogP contribution in [0.3, 0.4) is 0 Å². The fourth-order valence-electron chi connectivity index (χ4n) is 1.14. The number of hydrogen-bond donors (Lipinski definition) is 4. The number of rotatable bonds is 3. The fraction of sp³-hybridized carbons (Fsp3) is 0.200. The zero-order valence-electron chi connectivity index (χ0n) is 10.9. The molecule has 0 bridgehead atoms. The highest BCUT2D eigenvalue weighted by Crippen LogP contribution is 2.19. The molecule has 0 atom stereocenters. The Kier molecular flexibility index (Phi) is 5.67. The number of aliphatic imine (C=N–C) groups is 1. The second kappa shape index (κ2) is 7.24. The van der Waals surface area contributed by atoms with Crippen molar-refractivity contribution in [3.63, 3.8) is 0 Å². The number of hydrogen-bond acceptors (Lipinski definition) is 7. The summed E-state index contributed by atoms with van der Waals surface area (Å²) in [6, 6.07) is 0. The number of halogens is 1. The van der Waals surface area contributed by atoms with Crippen LogP contribution in [0.4, 0.5) is 16.4 Å². The topological polar surface area (TPSA) is 158 Å². The van der Waals surface area contributed by atoms with E-state index in [4.69, 9.17) is 30.1 Å². The van der Waals surface area contributed by atoms with Gasteiger partial charge in [-0.25, -0.2) is 14.8 Å². The molecule has 0 fully saturated rings. The maximum absolute atomic E-state index is 11.9. The molecule has 0 aromatic carbocycles. The summed E-state index contributed by atoms with van der Waals surface area (Å²) in [6.07, 6.45) is -0.949. The molecule has 0 spiro atoms. The van der Waals surface area contributed by atoms with Gasteiger partial charge in [0.2, 0.25) is 5.96 Å². The number of guanidine groups is 1. The molecule has 21 heavy (non-hydrogen) atoms. The van der Waals surface area contributed by atoms with Crippen molar-refractivity contribution in [2.24, 2.45) is 10.7 Å². The third-order valence-electron chi connectivity index (χ3n) is 1.95. The van der Waals surface area contributed by atoms with E-state index in [1.807, 2.05) is 0 Å². The summed E-state index contributed by atoms with van der Waals surface area (Å²) >= 11 is 5.72. The van der Waals surface area contributed by atoms with E-state index in [1.54, 1.807) is 6.92 Å². The highest BCUT2D eigenvalue weighted by Gasteiger charge is 2.17. The second-order valence-electron chi connectivity index (χ2n) is 3.39. The van der Waals surface area contributed by atoms with Gasteiger partial charge >= 0.3 is 6.09 Å². The smallest absolute Gasteiger partial charge is 0.436 e. The van der Waals surface area contributed by atoms with Crippen LogP contribution < -0.4 is 22.1 Å². The first-order chi connectivity index (χ1) is 9.88. The minimum atomic E-state index is -0.949. The first kappa shape index (κ1) is 16.4. The van der Waals surface area contributed by atoms with Crippen LogP contribution in [0.5, 0.6) is 0 Å². The molecule has 6 N–H and O–H groups in total. The third-order valence-corrected chi connectivity index (χ3v) is 2.22. The number of nitrogens with one attached hydrogen (secondary N) is 2. The van der Waals surface area contributed by atoms with Gasteiger partial charge in [-0.3, -0.25) is 10.1 Å². The van der Waals surface area contributed by atoms with Gasteiger partial charge in [0, 0.05) is 0 Å². The van der Waals surface area contributed by atoms with Crippen molar-refractivity contribution in [3.8, 4) is 0 Å². The predicted octanol–water partition coefficient (Wildman–Crippen LogP) is -0.00631. The fourth-order valence-corrected chi connectivity index (χ4v) is 1.33. The zero-order chi connectivity index (χ0) is 16.0. The zero-order valence-corrected chi connectivity index (χ0v) is 11.6. The van der Waals surface area contributed by atoms with Crippen molar-refractivity contribution in [1.29, 1.82) is 0 Å². The molecule has 0 saturated carbocycles. The molecule has 1 aromatic heterocycles. The first-order valence-corrected chi connectivity index (χ1v) is 5.88. The van der Waals surface area contributed by atoms with Gasteiger partial charge in [0.1, 0.15) is 0 Å². The van der Waals surface area contributed by atoms with Crippen LogP contribution in [0.25, 0.3) is 0 Å². The first-order valence-electron chi connectivity index (χ1n) is 5.50. The molecule has 0 aliphatic carbocycles. The van der Waals surface area contributed by atoms with E-state index in [2.05, 4.69) is 30.3 Å². The number of amides is 2. The van der Waals surface area contributed by atoms with Gasteiger partial charge in [-0.15, -0.1) is 4.99 Å². The predicted molar refractivity (Wildman–Crippen MR) is 75.5 cm³/mol. The summed E-state index contributed by atoms with van der Waals surface area (Å²) in [6.45, 7) is 1.71. The Hall–Kier alpha value is -2.62. The van der Waals surface area contributed by atoms with E-state index in [-0.39, 0.29) is 29.1 Å². The van der Waals surface area contributed by atoms with Crippen LogP contribution >= 0.6 is 11.6 Å². The Labute approximate surface area is 124 Å². The summed E-state index contributed by atoms with van der Waals surface area (Å²) in [7, 11) is 5.13. The average molecular weight is 314 g/mol. The quantitative estimate of drug-likeness (QED) is 0.344. The Bertz CT molecular complexity index is 590. The number of nitrogens with zero attached hydrogens (tertiary/aromatic N) is 3. The Morgan fingerprint density at radius 2 is 2.14 bits per heavy atom. The molecule has 0 unspecified atom stereocenters. The highest BCUT2D eigenvalue weighted by molar-refractivity contribution is 6.32. The van der Waals surface area contributed by atoms with Crippen LogP contribution in [0.15, 0.2) is 4.99 Å². The van der Waals surface area contributed by atoms with Crippen LogP contribution in [-0.2, 0) is 4.74 Å². The van der Waals surface area contributed by atoms with Crippen LogP contribution in [-0.4, -0.2) is 34.5 Å². The number of nitrogens with two attached hydrogens (primary N) is 2. The summed E-state index contributed by atoms with van der Waals surface area (Å²) < 4.78 is 4.52. The molecule has 1 heterocycles. The summed E-state index contributed by atoms with van der Waals surface area (Å²) in [5.41, 5.74) is 10.6. The molecule has 2 amide bonds. The van der Waals surface area contributed by atoms with E-state index in [1.165, 1.54) is 0 Å². The monoisotopic (exact) mass is 313 g/mol. The largest absolute Gasteiger partial charge is 0.448 e. The van der Waals surface area contributed by atoms with Gasteiger partial charge in [-0.05, 0) is 6.92 Å². The number of nitrogen functional groups attached to an aromatic ring is 1. The number of aromatic nitrogens is 2. The van der Waals surface area contributed by atoms with Crippen molar-refractivity contribution in [2.45, 2.75) is 6.92 Å². The minimum Gasteiger partial charge on any atom is -0.448 e. The Balaban J connectivity index is 2.90. The number of carbonyl (C=O) groups excluding carboxylic acids is 2. The maximum Gasteiger partial charge on any atom is 0.436 e. The second-order valence-corrected chi connectivity index (χ2v) is 3.75. The van der Waals surface area contributed by atoms with Gasteiger partial charge in [0.25, 0.3) is 5.91 Å². The summed E-state index contributed by atoms with van der Waals surface area (Å²) in [5, 5.41) is 4.07. The van der Waals surface area contributed by atoms with Crippen LogP contribution in [0.2, 0.25) is 5.15 Å². The Morgan fingerprint density at radius 1 is 1.48 bits per heavy atom. The normalized spacial score (nSPS) is 10.9. The van der Waals surface area contributed by atoms with Gasteiger partial charge in [0.15, 0.2) is 22.5 Å². The standard InChI is InChI=1S/C10H12ClN7O3/c1-3-21-10(20)18-9(13)17-8(19)4-6(12)16-7(14-2)5(11)15-4/h2H,3H2,1H3,(H3,12,14,16)(H3,13,17,18,19,20). The average Bonchev–Trinajstić information content (AvgIpc) is 2.40. The van der Waals surface area contributed by atoms with Gasteiger partial charge in [-0.2, -0.15) is 0 Å². The van der Waals surface area contributed by atoms with E-state index in [0.717, 1.165) is 0 Å². The molecule has 10 nitrogen and oxygen atoms in total. The lowest BCUT2D eigenvalue weighted by atomic mass is 10.4. The van der Waals surface area contributed by atoms with E-state index in [0.29, 0.717) is 0 Å².